The van der Waals surface area contributed by atoms with Crippen LogP contribution in [0.4, 0.5) is 14.6 Å². The first-order chi connectivity index (χ1) is 21.5. The number of phenolic OH excluding ortho intramolecular Hbond substituents is 1. The molecule has 2 aromatic heterocycles. The number of nitrogens with zero attached hydrogens (tertiary/aromatic N) is 5. The van der Waals surface area contributed by atoms with Crippen molar-refractivity contribution in [1.29, 1.82) is 0 Å². The predicted octanol–water partition coefficient (Wildman–Crippen LogP) is 4.65. The molecule has 0 aliphatic carbocycles. The molecule has 2 aromatic carbocycles. The van der Waals surface area contributed by atoms with Crippen LogP contribution in [0.5, 0.6) is 11.8 Å². The Hall–Kier alpha value is -3.68. The Balaban J connectivity index is 1.36. The second-order valence-corrected chi connectivity index (χ2v) is 14.4. The highest BCUT2D eigenvalue weighted by atomic mass is 32.2. The molecule has 13 heteroatoms. The molecule has 0 amide bonds. The van der Waals surface area contributed by atoms with Crippen molar-refractivity contribution in [3.05, 3.63) is 47.7 Å². The molecule has 7 rings (SSSR count). The molecule has 3 N–H and O–H groups in total. The van der Waals surface area contributed by atoms with Crippen molar-refractivity contribution in [2.24, 2.45) is 11.1 Å². The van der Waals surface area contributed by atoms with Crippen LogP contribution in [0.15, 0.2) is 30.5 Å². The highest BCUT2D eigenvalue weighted by Gasteiger charge is 2.45. The van der Waals surface area contributed by atoms with Crippen LogP contribution in [-0.2, 0) is 10.0 Å². The van der Waals surface area contributed by atoms with Crippen LogP contribution < -0.4 is 14.8 Å². The number of anilines is 1. The Kier molecular flexibility index (Phi) is 7.52. The third kappa shape index (κ3) is 5.55. The molecule has 3 fully saturated rings. The average molecular weight is 639 g/mol. The fraction of sp³-hybridized carbons (Fsp3) is 0.469. The van der Waals surface area contributed by atoms with Gasteiger partial charge in [-0.2, -0.15) is 9.97 Å². The SMILES string of the molecule is Cc1c(F)ccc2cc(O)cc(-c3ncc4c(N5CCCC(CS(N)(=O)=O)C5)nc(OCC56CCCN5CCC6)nc4c3F)c12. The number of ether oxygens (including phenoxy) is 1. The van der Waals surface area contributed by atoms with Crippen LogP contribution in [0.25, 0.3) is 32.9 Å². The van der Waals surface area contributed by atoms with Gasteiger partial charge in [-0.15, -0.1) is 0 Å². The first-order valence-electron chi connectivity index (χ1n) is 15.4. The maximum atomic E-state index is 16.7. The molecule has 0 radical (unpaired) electrons. The Morgan fingerprint density at radius 1 is 1.11 bits per heavy atom. The van der Waals surface area contributed by atoms with E-state index in [2.05, 4.69) is 14.9 Å². The van der Waals surface area contributed by atoms with E-state index in [1.165, 1.54) is 30.5 Å². The van der Waals surface area contributed by atoms with Crippen molar-refractivity contribution < 1.29 is 27.0 Å². The summed E-state index contributed by atoms with van der Waals surface area (Å²) in [5, 5.41) is 17.2. The van der Waals surface area contributed by atoms with Crippen LogP contribution in [0.1, 0.15) is 44.1 Å². The number of primary sulfonamides is 1. The third-order valence-corrected chi connectivity index (χ3v) is 10.7. The second-order valence-electron chi connectivity index (χ2n) is 12.8. The zero-order valence-electron chi connectivity index (χ0n) is 25.1. The Morgan fingerprint density at radius 2 is 1.89 bits per heavy atom. The number of benzene rings is 2. The second kappa shape index (κ2) is 11.3. The van der Waals surface area contributed by atoms with Crippen molar-refractivity contribution in [2.45, 2.75) is 51.0 Å². The Labute approximate surface area is 260 Å². The smallest absolute Gasteiger partial charge is 0.319 e. The summed E-state index contributed by atoms with van der Waals surface area (Å²) in [6.07, 6.45) is 7.08. The molecule has 45 heavy (non-hydrogen) atoms. The number of aromatic nitrogens is 3. The zero-order valence-corrected chi connectivity index (χ0v) is 25.9. The van der Waals surface area contributed by atoms with Gasteiger partial charge in [0.1, 0.15) is 35.2 Å². The number of sulfonamides is 1. The lowest BCUT2D eigenvalue weighted by Crippen LogP contribution is -2.43. The summed E-state index contributed by atoms with van der Waals surface area (Å²) in [7, 11) is -3.69. The molecule has 3 aliphatic heterocycles. The lowest BCUT2D eigenvalue weighted by Gasteiger charge is -2.34. The van der Waals surface area contributed by atoms with E-state index in [4.69, 9.17) is 14.9 Å². The van der Waals surface area contributed by atoms with Gasteiger partial charge in [0.15, 0.2) is 5.82 Å². The molecule has 1 unspecified atom stereocenters. The van der Waals surface area contributed by atoms with Crippen LogP contribution in [0.2, 0.25) is 0 Å². The Bertz CT molecular complexity index is 1910. The number of halogens is 2. The summed E-state index contributed by atoms with van der Waals surface area (Å²) in [6.45, 7) is 4.96. The lowest BCUT2D eigenvalue weighted by atomic mass is 9.95. The van der Waals surface area contributed by atoms with Gasteiger partial charge in [-0.25, -0.2) is 22.3 Å². The van der Waals surface area contributed by atoms with Gasteiger partial charge >= 0.3 is 6.01 Å². The zero-order chi connectivity index (χ0) is 31.5. The van der Waals surface area contributed by atoms with Gasteiger partial charge in [0, 0.05) is 24.8 Å². The van der Waals surface area contributed by atoms with Gasteiger partial charge in [-0.3, -0.25) is 9.88 Å². The van der Waals surface area contributed by atoms with Gasteiger partial charge in [-0.1, -0.05) is 6.07 Å². The minimum Gasteiger partial charge on any atom is -0.508 e. The molecule has 0 spiro atoms. The quantitative estimate of drug-likeness (QED) is 0.297. The largest absolute Gasteiger partial charge is 0.508 e. The number of fused-ring (bicyclic) bond motifs is 3. The van der Waals surface area contributed by atoms with E-state index >= 15 is 4.39 Å². The number of piperidine rings is 1. The molecule has 0 saturated carbocycles. The van der Waals surface area contributed by atoms with Crippen molar-refractivity contribution in [1.82, 2.24) is 19.9 Å². The predicted molar refractivity (Wildman–Crippen MR) is 168 cm³/mol. The van der Waals surface area contributed by atoms with Gasteiger partial charge in [0.2, 0.25) is 10.0 Å². The number of aryl methyl sites for hydroxylation is 1. The van der Waals surface area contributed by atoms with E-state index < -0.39 is 21.7 Å². The van der Waals surface area contributed by atoms with Crippen LogP contribution in [0, 0.1) is 24.5 Å². The van der Waals surface area contributed by atoms with Crippen molar-refractivity contribution in [2.75, 3.05) is 43.4 Å². The molecule has 238 valence electrons. The first-order valence-corrected chi connectivity index (χ1v) is 17.1. The van der Waals surface area contributed by atoms with E-state index in [1.807, 2.05) is 4.90 Å². The summed E-state index contributed by atoms with van der Waals surface area (Å²) < 4.78 is 61.5. The number of pyridine rings is 1. The van der Waals surface area contributed by atoms with E-state index in [9.17, 15) is 17.9 Å². The number of hydrogen-bond donors (Lipinski definition) is 2. The van der Waals surface area contributed by atoms with E-state index in [-0.39, 0.29) is 45.7 Å². The maximum absolute atomic E-state index is 16.7. The van der Waals surface area contributed by atoms with Gasteiger partial charge < -0.3 is 14.7 Å². The van der Waals surface area contributed by atoms with Crippen molar-refractivity contribution in [3.8, 4) is 23.0 Å². The third-order valence-electron chi connectivity index (χ3n) is 9.76. The fourth-order valence-corrected chi connectivity index (χ4v) is 8.62. The molecule has 4 aromatic rings. The van der Waals surface area contributed by atoms with Crippen LogP contribution in [0.3, 0.4) is 0 Å². The lowest BCUT2D eigenvalue weighted by molar-refractivity contribution is 0.108. The molecular weight excluding hydrogens is 602 g/mol. The maximum Gasteiger partial charge on any atom is 0.319 e. The monoisotopic (exact) mass is 638 g/mol. The minimum absolute atomic E-state index is 0.0219. The highest BCUT2D eigenvalue weighted by Crippen LogP contribution is 2.41. The number of aromatic hydroxyl groups is 1. The van der Waals surface area contributed by atoms with Gasteiger partial charge in [0.25, 0.3) is 0 Å². The number of rotatable bonds is 7. The molecule has 1 atom stereocenters. The van der Waals surface area contributed by atoms with Crippen LogP contribution >= 0.6 is 0 Å². The first kappa shape index (κ1) is 30.0. The molecular formula is C32H36F2N6O4S. The molecule has 3 saturated heterocycles. The number of hydrogen-bond acceptors (Lipinski definition) is 9. The summed E-state index contributed by atoms with van der Waals surface area (Å²) in [5.74, 6) is -1.30. The summed E-state index contributed by atoms with van der Waals surface area (Å²) >= 11 is 0. The molecule has 0 bridgehead atoms. The normalized spacial score (nSPS) is 20.3. The topological polar surface area (TPSA) is 135 Å². The van der Waals surface area contributed by atoms with Crippen molar-refractivity contribution >= 4 is 37.5 Å². The number of phenols is 1. The van der Waals surface area contributed by atoms with Crippen molar-refractivity contribution in [3.63, 3.8) is 0 Å². The average Bonchev–Trinajstić information content (AvgIpc) is 3.58. The Morgan fingerprint density at radius 3 is 2.64 bits per heavy atom. The molecule has 3 aliphatic rings. The van der Waals surface area contributed by atoms with Crippen LogP contribution in [-0.4, -0.2) is 77.5 Å². The minimum atomic E-state index is -3.69. The summed E-state index contributed by atoms with van der Waals surface area (Å²) in [4.78, 5) is 18.2. The summed E-state index contributed by atoms with van der Waals surface area (Å²) in [5.41, 5.74) is 0.346. The van der Waals surface area contributed by atoms with E-state index in [1.54, 1.807) is 6.92 Å². The number of nitrogens with two attached hydrogens (primary N) is 1. The standard InChI is InChI=1S/C32H36F2N6O4S/c1-19-25(33)7-6-21-13-22(41)14-23(26(19)21)28-27(34)29-24(15-36-28)30(39-10-2-5-20(16-39)17-45(35,42)43)38-31(37-29)44-18-32-8-3-11-40(32)12-4-9-32/h6-7,13-15,20,41H,2-5,8-12,16-18H2,1H3,(H2,35,42,43). The highest BCUT2D eigenvalue weighted by molar-refractivity contribution is 7.89. The van der Waals surface area contributed by atoms with E-state index in [0.717, 1.165) is 38.8 Å². The molecule has 5 heterocycles. The summed E-state index contributed by atoms with van der Waals surface area (Å²) in [6, 6.07) is 5.75. The van der Waals surface area contributed by atoms with Gasteiger partial charge in [0.05, 0.1) is 16.7 Å². The fourth-order valence-electron chi connectivity index (χ4n) is 7.69. The van der Waals surface area contributed by atoms with Gasteiger partial charge in [-0.05, 0) is 99.0 Å². The molecule has 10 nitrogen and oxygen atoms in total. The van der Waals surface area contributed by atoms with E-state index in [0.29, 0.717) is 60.1 Å².